The molecule has 18 heavy (non-hydrogen) atoms. The van der Waals surface area contributed by atoms with Crippen LogP contribution in [0.4, 0.5) is 0 Å². The molecule has 0 aliphatic rings. The van der Waals surface area contributed by atoms with Gasteiger partial charge in [0, 0.05) is 11.6 Å². The second-order valence-corrected chi connectivity index (χ2v) is 3.70. The fourth-order valence-electron chi connectivity index (χ4n) is 1.72. The smallest absolute Gasteiger partial charge is 0.216 e. The van der Waals surface area contributed by atoms with E-state index in [1.54, 1.807) is 20.3 Å². The van der Waals surface area contributed by atoms with Gasteiger partial charge in [0.05, 0.1) is 26.0 Å². The number of ether oxygens (including phenoxy) is 2. The first-order chi connectivity index (χ1) is 8.76. The van der Waals surface area contributed by atoms with Crippen molar-refractivity contribution in [2.75, 3.05) is 14.2 Å². The van der Waals surface area contributed by atoms with Gasteiger partial charge in [-0.2, -0.15) is 0 Å². The molecular formula is C13H15N3O2. The number of benzene rings is 1. The summed E-state index contributed by atoms with van der Waals surface area (Å²) in [5, 5.41) is 0. The van der Waals surface area contributed by atoms with Gasteiger partial charge >= 0.3 is 0 Å². The zero-order valence-corrected chi connectivity index (χ0v) is 10.3. The average molecular weight is 245 g/mol. The monoisotopic (exact) mass is 245 g/mol. The summed E-state index contributed by atoms with van der Waals surface area (Å²) in [4.78, 5) is 8.12. The molecule has 2 aromatic rings. The maximum atomic E-state index is 6.19. The summed E-state index contributed by atoms with van der Waals surface area (Å²) in [7, 11) is 3.17. The summed E-state index contributed by atoms with van der Waals surface area (Å²) >= 11 is 0. The minimum absolute atomic E-state index is 0.377. The average Bonchev–Trinajstić information content (AvgIpc) is 2.46. The third kappa shape index (κ3) is 2.41. The standard InChI is InChI=1S/C13H15N3O2/c1-17-11-6-4-3-5-9(11)13(14)10-7-12(18-2)16-8-15-10/h3-8,13H,14H2,1-2H3. The fourth-order valence-corrected chi connectivity index (χ4v) is 1.72. The van der Waals surface area contributed by atoms with E-state index in [4.69, 9.17) is 15.2 Å². The second-order valence-electron chi connectivity index (χ2n) is 3.70. The lowest BCUT2D eigenvalue weighted by molar-refractivity contribution is 0.394. The van der Waals surface area contributed by atoms with Crippen LogP contribution in [0.2, 0.25) is 0 Å². The van der Waals surface area contributed by atoms with Crippen LogP contribution in [0.25, 0.3) is 0 Å². The molecule has 0 amide bonds. The molecule has 5 heteroatoms. The molecule has 2 N–H and O–H groups in total. The number of hydrogen-bond acceptors (Lipinski definition) is 5. The first-order valence-corrected chi connectivity index (χ1v) is 5.50. The van der Waals surface area contributed by atoms with Gasteiger partial charge < -0.3 is 15.2 Å². The Morgan fingerprint density at radius 3 is 2.61 bits per heavy atom. The minimum atomic E-state index is -0.377. The van der Waals surface area contributed by atoms with Crippen LogP contribution in [0, 0.1) is 0 Å². The van der Waals surface area contributed by atoms with Gasteiger partial charge in [0.2, 0.25) is 5.88 Å². The van der Waals surface area contributed by atoms with Crippen LogP contribution in [0.5, 0.6) is 11.6 Å². The van der Waals surface area contributed by atoms with Crippen LogP contribution in [0.15, 0.2) is 36.7 Å². The zero-order chi connectivity index (χ0) is 13.0. The van der Waals surface area contributed by atoms with Gasteiger partial charge in [0.15, 0.2) is 0 Å². The zero-order valence-electron chi connectivity index (χ0n) is 10.3. The van der Waals surface area contributed by atoms with Gasteiger partial charge in [-0.15, -0.1) is 0 Å². The Balaban J connectivity index is 2.37. The van der Waals surface area contributed by atoms with E-state index in [0.717, 1.165) is 11.3 Å². The first-order valence-electron chi connectivity index (χ1n) is 5.50. The second kappa shape index (κ2) is 5.46. The van der Waals surface area contributed by atoms with E-state index in [1.165, 1.54) is 6.33 Å². The molecule has 2 rings (SSSR count). The quantitative estimate of drug-likeness (QED) is 0.884. The maximum absolute atomic E-state index is 6.19. The van der Waals surface area contributed by atoms with E-state index in [-0.39, 0.29) is 6.04 Å². The highest BCUT2D eigenvalue weighted by atomic mass is 16.5. The number of rotatable bonds is 4. The van der Waals surface area contributed by atoms with Crippen molar-refractivity contribution in [2.45, 2.75) is 6.04 Å². The Bertz CT molecular complexity index is 531. The minimum Gasteiger partial charge on any atom is -0.496 e. The van der Waals surface area contributed by atoms with Crippen molar-refractivity contribution in [1.29, 1.82) is 0 Å². The molecule has 1 atom stereocenters. The SMILES string of the molecule is COc1cc(C(N)c2ccccc2OC)ncn1. The first kappa shape index (κ1) is 12.3. The van der Waals surface area contributed by atoms with Gasteiger partial charge in [-0.25, -0.2) is 9.97 Å². The Labute approximate surface area is 106 Å². The highest BCUT2D eigenvalue weighted by molar-refractivity contribution is 5.39. The van der Waals surface area contributed by atoms with Crippen LogP contribution in [0.1, 0.15) is 17.3 Å². The highest BCUT2D eigenvalue weighted by Crippen LogP contribution is 2.27. The summed E-state index contributed by atoms with van der Waals surface area (Å²) in [6.45, 7) is 0. The summed E-state index contributed by atoms with van der Waals surface area (Å²) in [5.41, 5.74) is 7.75. The van der Waals surface area contributed by atoms with Gasteiger partial charge in [0.1, 0.15) is 12.1 Å². The third-order valence-corrected chi connectivity index (χ3v) is 2.66. The van der Waals surface area contributed by atoms with E-state index >= 15 is 0 Å². The molecule has 0 saturated heterocycles. The number of nitrogens with zero attached hydrogens (tertiary/aromatic N) is 2. The van der Waals surface area contributed by atoms with Crippen molar-refractivity contribution < 1.29 is 9.47 Å². The number of aromatic nitrogens is 2. The summed E-state index contributed by atoms with van der Waals surface area (Å²) in [6, 6.07) is 8.94. The van der Waals surface area contributed by atoms with Crippen LogP contribution in [-0.4, -0.2) is 24.2 Å². The molecule has 0 fully saturated rings. The van der Waals surface area contributed by atoms with Gasteiger partial charge in [-0.05, 0) is 6.07 Å². The van der Waals surface area contributed by atoms with E-state index in [2.05, 4.69) is 9.97 Å². The van der Waals surface area contributed by atoms with Crippen LogP contribution < -0.4 is 15.2 Å². The van der Waals surface area contributed by atoms with Crippen molar-refractivity contribution in [2.24, 2.45) is 5.73 Å². The van der Waals surface area contributed by atoms with Crippen LogP contribution in [0.3, 0.4) is 0 Å². The molecule has 0 aliphatic carbocycles. The molecule has 0 spiro atoms. The van der Waals surface area contributed by atoms with Crippen molar-refractivity contribution in [3.8, 4) is 11.6 Å². The van der Waals surface area contributed by atoms with Gasteiger partial charge in [0.25, 0.3) is 0 Å². The lowest BCUT2D eigenvalue weighted by Crippen LogP contribution is -2.15. The highest BCUT2D eigenvalue weighted by Gasteiger charge is 2.15. The molecule has 0 bridgehead atoms. The third-order valence-electron chi connectivity index (χ3n) is 2.66. The molecule has 5 nitrogen and oxygen atoms in total. The van der Waals surface area contributed by atoms with E-state index in [9.17, 15) is 0 Å². The topological polar surface area (TPSA) is 70.3 Å². The number of nitrogens with two attached hydrogens (primary N) is 1. The summed E-state index contributed by atoms with van der Waals surface area (Å²) < 4.78 is 10.3. The molecule has 0 radical (unpaired) electrons. The Morgan fingerprint density at radius 2 is 1.89 bits per heavy atom. The van der Waals surface area contributed by atoms with Crippen molar-refractivity contribution in [3.05, 3.63) is 47.9 Å². The van der Waals surface area contributed by atoms with E-state index in [1.807, 2.05) is 24.3 Å². The largest absolute Gasteiger partial charge is 0.496 e. The molecule has 1 aromatic heterocycles. The molecule has 1 unspecified atom stereocenters. The summed E-state index contributed by atoms with van der Waals surface area (Å²) in [6.07, 6.45) is 1.43. The van der Waals surface area contributed by atoms with Crippen molar-refractivity contribution in [3.63, 3.8) is 0 Å². The number of methoxy groups -OCH3 is 2. The lowest BCUT2D eigenvalue weighted by atomic mass is 10.0. The predicted octanol–water partition coefficient (Wildman–Crippen LogP) is 1.54. The maximum Gasteiger partial charge on any atom is 0.216 e. The fraction of sp³-hybridized carbons (Fsp3) is 0.231. The van der Waals surface area contributed by atoms with E-state index < -0.39 is 0 Å². The normalized spacial score (nSPS) is 11.9. The Morgan fingerprint density at radius 1 is 1.11 bits per heavy atom. The Kier molecular flexibility index (Phi) is 3.74. The Hall–Kier alpha value is -2.14. The van der Waals surface area contributed by atoms with Crippen molar-refractivity contribution in [1.82, 2.24) is 9.97 Å². The molecule has 1 aromatic carbocycles. The van der Waals surface area contributed by atoms with Crippen LogP contribution >= 0.6 is 0 Å². The van der Waals surface area contributed by atoms with Crippen LogP contribution in [-0.2, 0) is 0 Å². The van der Waals surface area contributed by atoms with Gasteiger partial charge in [-0.1, -0.05) is 18.2 Å². The summed E-state index contributed by atoms with van der Waals surface area (Å²) in [5.74, 6) is 1.23. The molecular weight excluding hydrogens is 230 g/mol. The van der Waals surface area contributed by atoms with Crippen molar-refractivity contribution >= 4 is 0 Å². The molecule has 0 aliphatic heterocycles. The molecule has 0 saturated carbocycles. The molecule has 1 heterocycles. The lowest BCUT2D eigenvalue weighted by Gasteiger charge is -2.15. The van der Waals surface area contributed by atoms with E-state index in [0.29, 0.717) is 11.6 Å². The van der Waals surface area contributed by atoms with Gasteiger partial charge in [-0.3, -0.25) is 0 Å². The predicted molar refractivity (Wildman–Crippen MR) is 67.6 cm³/mol. The number of para-hydroxylation sites is 1. The number of hydrogen-bond donors (Lipinski definition) is 1. The molecule has 94 valence electrons.